The first-order chi connectivity index (χ1) is 17.0. The van der Waals surface area contributed by atoms with Crippen molar-refractivity contribution >= 4 is 33.7 Å². The summed E-state index contributed by atoms with van der Waals surface area (Å²) in [5.41, 5.74) is 17.0. The van der Waals surface area contributed by atoms with Crippen molar-refractivity contribution in [1.82, 2.24) is 19.9 Å². The Morgan fingerprint density at radius 3 is 2.54 bits per heavy atom. The third-order valence-corrected chi connectivity index (χ3v) is 5.91. The van der Waals surface area contributed by atoms with E-state index in [9.17, 15) is 0 Å². The van der Waals surface area contributed by atoms with Gasteiger partial charge in [-0.3, -0.25) is 0 Å². The SMILES string of the molecule is CCCCCCO.CCNCc1ccc(OC)c(Cn2c3ccccc3c3nc(N)nc(N)c32)c1. The van der Waals surface area contributed by atoms with Crippen LogP contribution < -0.4 is 21.5 Å². The molecule has 2 aromatic heterocycles. The number of nitrogens with one attached hydrogen (secondary N) is 1. The molecule has 0 aliphatic carbocycles. The van der Waals surface area contributed by atoms with Crippen molar-refractivity contribution < 1.29 is 9.84 Å². The van der Waals surface area contributed by atoms with E-state index in [4.69, 9.17) is 21.3 Å². The number of aromatic nitrogens is 3. The van der Waals surface area contributed by atoms with Gasteiger partial charge >= 0.3 is 0 Å². The average Bonchev–Trinajstić information content (AvgIpc) is 3.17. The van der Waals surface area contributed by atoms with Gasteiger partial charge in [-0.2, -0.15) is 4.98 Å². The molecule has 0 saturated carbocycles. The summed E-state index contributed by atoms with van der Waals surface area (Å²) >= 11 is 0. The molecule has 2 heterocycles. The first-order valence-corrected chi connectivity index (χ1v) is 12.3. The fourth-order valence-corrected chi connectivity index (χ4v) is 4.18. The van der Waals surface area contributed by atoms with Crippen LogP contribution in [-0.2, 0) is 13.1 Å². The van der Waals surface area contributed by atoms with Crippen LogP contribution in [0.4, 0.5) is 11.8 Å². The molecule has 4 aromatic rings. The van der Waals surface area contributed by atoms with Gasteiger partial charge in [0.05, 0.1) is 19.2 Å². The summed E-state index contributed by atoms with van der Waals surface area (Å²) in [4.78, 5) is 8.63. The number of hydrogen-bond donors (Lipinski definition) is 4. The second kappa shape index (κ2) is 12.9. The molecule has 0 amide bonds. The molecule has 8 nitrogen and oxygen atoms in total. The highest BCUT2D eigenvalue weighted by Gasteiger charge is 2.17. The molecule has 0 radical (unpaired) electrons. The zero-order valence-corrected chi connectivity index (χ0v) is 21.1. The van der Waals surface area contributed by atoms with Crippen molar-refractivity contribution in [3.8, 4) is 5.75 Å². The zero-order valence-electron chi connectivity index (χ0n) is 21.1. The minimum atomic E-state index is 0.179. The summed E-state index contributed by atoms with van der Waals surface area (Å²) in [6.45, 7) is 6.94. The fourth-order valence-electron chi connectivity index (χ4n) is 4.18. The van der Waals surface area contributed by atoms with Crippen LogP contribution in [0.1, 0.15) is 50.7 Å². The monoisotopic (exact) mass is 478 g/mol. The summed E-state index contributed by atoms with van der Waals surface area (Å²) in [6, 6.07) is 14.3. The van der Waals surface area contributed by atoms with Crippen molar-refractivity contribution in [2.75, 3.05) is 31.7 Å². The van der Waals surface area contributed by atoms with Crippen molar-refractivity contribution in [2.24, 2.45) is 0 Å². The molecule has 4 rings (SSSR count). The largest absolute Gasteiger partial charge is 0.496 e. The molecule has 0 fully saturated rings. The lowest BCUT2D eigenvalue weighted by Crippen LogP contribution is -2.12. The molecule has 0 saturated heterocycles. The van der Waals surface area contributed by atoms with E-state index in [0.29, 0.717) is 19.0 Å². The third kappa shape index (κ3) is 6.41. The Bertz CT molecular complexity index is 1230. The number of unbranched alkanes of at least 4 members (excludes halogenated alkanes) is 3. The minimum absolute atomic E-state index is 0.179. The number of aliphatic hydroxyl groups excluding tert-OH is 1. The number of ether oxygens (including phenoxy) is 1. The van der Waals surface area contributed by atoms with Crippen molar-refractivity contribution in [2.45, 2.75) is 52.6 Å². The Hall–Kier alpha value is -3.36. The molecule has 2 aromatic carbocycles. The van der Waals surface area contributed by atoms with Gasteiger partial charge in [-0.1, -0.05) is 57.4 Å². The van der Waals surface area contributed by atoms with E-state index in [-0.39, 0.29) is 5.95 Å². The molecule has 6 N–H and O–H groups in total. The smallest absolute Gasteiger partial charge is 0.222 e. The van der Waals surface area contributed by atoms with Crippen LogP contribution in [-0.4, -0.2) is 39.9 Å². The van der Waals surface area contributed by atoms with Gasteiger partial charge in [0.25, 0.3) is 0 Å². The van der Waals surface area contributed by atoms with Gasteiger partial charge in [0, 0.05) is 24.1 Å². The maximum absolute atomic E-state index is 8.29. The van der Waals surface area contributed by atoms with Gasteiger partial charge in [-0.25, -0.2) is 4.98 Å². The molecule has 0 atom stereocenters. The van der Waals surface area contributed by atoms with Crippen LogP contribution in [0.25, 0.3) is 21.9 Å². The second-order valence-corrected chi connectivity index (χ2v) is 8.48. The summed E-state index contributed by atoms with van der Waals surface area (Å²) in [5.74, 6) is 1.39. The van der Waals surface area contributed by atoms with Gasteiger partial charge in [-0.15, -0.1) is 0 Å². The highest BCUT2D eigenvalue weighted by atomic mass is 16.5. The normalized spacial score (nSPS) is 11.0. The molecule has 0 unspecified atom stereocenters. The van der Waals surface area contributed by atoms with E-state index in [1.165, 1.54) is 24.8 Å². The lowest BCUT2D eigenvalue weighted by molar-refractivity contribution is 0.283. The van der Waals surface area contributed by atoms with Gasteiger partial charge in [0.1, 0.15) is 16.8 Å². The molecular formula is C27H38N6O2. The van der Waals surface area contributed by atoms with Gasteiger partial charge in [0.15, 0.2) is 5.82 Å². The molecule has 188 valence electrons. The average molecular weight is 479 g/mol. The van der Waals surface area contributed by atoms with E-state index in [2.05, 4.69) is 51.9 Å². The van der Waals surface area contributed by atoms with Crippen molar-refractivity contribution in [3.05, 3.63) is 53.6 Å². The third-order valence-electron chi connectivity index (χ3n) is 5.91. The number of nitrogens with two attached hydrogens (primary N) is 2. The minimum Gasteiger partial charge on any atom is -0.496 e. The van der Waals surface area contributed by atoms with E-state index >= 15 is 0 Å². The lowest BCUT2D eigenvalue weighted by atomic mass is 10.1. The molecular weight excluding hydrogens is 440 g/mol. The predicted molar refractivity (Wildman–Crippen MR) is 145 cm³/mol. The first kappa shape index (κ1) is 26.2. The Balaban J connectivity index is 0.000000429. The number of hydrogen-bond acceptors (Lipinski definition) is 7. The van der Waals surface area contributed by atoms with Crippen LogP contribution in [0.3, 0.4) is 0 Å². The maximum atomic E-state index is 8.29. The van der Waals surface area contributed by atoms with Crippen LogP contribution in [0, 0.1) is 0 Å². The fraction of sp³-hybridized carbons (Fsp3) is 0.407. The number of benzene rings is 2. The zero-order chi connectivity index (χ0) is 25.2. The van der Waals surface area contributed by atoms with Gasteiger partial charge in [0.2, 0.25) is 5.95 Å². The highest BCUT2D eigenvalue weighted by molar-refractivity contribution is 6.09. The van der Waals surface area contributed by atoms with Crippen LogP contribution in [0.15, 0.2) is 42.5 Å². The number of para-hydroxylation sites is 1. The summed E-state index contributed by atoms with van der Waals surface area (Å²) in [6.07, 6.45) is 4.68. The standard InChI is InChI=1S/C21H24N6O.C6H14O/c1-3-24-11-13-8-9-17(28-2)14(10-13)12-27-16-7-5-4-6-15(16)18-19(27)20(22)26-21(23)25-18;1-2-3-4-5-6-7/h4-10,24H,3,11-12H2,1-2H3,(H4,22,23,25,26);7H,2-6H2,1H3. The Kier molecular flexibility index (Phi) is 9.69. The molecule has 0 spiro atoms. The number of nitrogens with zero attached hydrogens (tertiary/aromatic N) is 3. The highest BCUT2D eigenvalue weighted by Crippen LogP contribution is 2.33. The number of anilines is 2. The van der Waals surface area contributed by atoms with E-state index in [1.807, 2.05) is 24.3 Å². The van der Waals surface area contributed by atoms with E-state index in [1.54, 1.807) is 7.11 Å². The maximum Gasteiger partial charge on any atom is 0.222 e. The first-order valence-electron chi connectivity index (χ1n) is 12.3. The number of fused-ring (bicyclic) bond motifs is 3. The van der Waals surface area contributed by atoms with Crippen LogP contribution in [0.2, 0.25) is 0 Å². The molecule has 8 heteroatoms. The molecule has 0 aliphatic rings. The Morgan fingerprint density at radius 1 is 1.03 bits per heavy atom. The van der Waals surface area contributed by atoms with Crippen LogP contribution in [0.5, 0.6) is 5.75 Å². The molecule has 0 bridgehead atoms. The molecule has 0 aliphatic heterocycles. The second-order valence-electron chi connectivity index (χ2n) is 8.48. The number of methoxy groups -OCH3 is 1. The Labute approximate surface area is 207 Å². The Morgan fingerprint density at radius 2 is 1.83 bits per heavy atom. The van der Waals surface area contributed by atoms with E-state index in [0.717, 1.165) is 52.8 Å². The summed E-state index contributed by atoms with van der Waals surface area (Å²) in [7, 11) is 1.69. The van der Waals surface area contributed by atoms with Crippen LogP contribution >= 0.6 is 0 Å². The lowest BCUT2D eigenvalue weighted by Gasteiger charge is -2.14. The number of nitrogen functional groups attached to an aromatic ring is 2. The van der Waals surface area contributed by atoms with Gasteiger partial charge in [-0.05, 0) is 36.7 Å². The van der Waals surface area contributed by atoms with Crippen molar-refractivity contribution in [3.63, 3.8) is 0 Å². The van der Waals surface area contributed by atoms with E-state index < -0.39 is 0 Å². The van der Waals surface area contributed by atoms with Gasteiger partial charge < -0.3 is 31.2 Å². The predicted octanol–water partition coefficient (Wildman–Crippen LogP) is 4.47. The summed E-state index contributed by atoms with van der Waals surface area (Å²) < 4.78 is 7.74. The number of aliphatic hydroxyl groups is 1. The topological polar surface area (TPSA) is 124 Å². The quantitative estimate of drug-likeness (QED) is 0.248. The number of rotatable bonds is 10. The van der Waals surface area contributed by atoms with Crippen molar-refractivity contribution in [1.29, 1.82) is 0 Å². The summed E-state index contributed by atoms with van der Waals surface area (Å²) in [5, 5.41) is 12.7. The molecule has 35 heavy (non-hydrogen) atoms.